The van der Waals surface area contributed by atoms with Gasteiger partial charge in [0.05, 0.1) is 6.61 Å². The molecule has 1 atom stereocenters. The summed E-state index contributed by atoms with van der Waals surface area (Å²) < 4.78 is 5.88. The minimum Gasteiger partial charge on any atom is -0.494 e. The maximum absolute atomic E-state index is 13.1. The third kappa shape index (κ3) is 10.8. The second-order valence-electron chi connectivity index (χ2n) is 12.9. The Hall–Kier alpha value is -5.05. The molecule has 0 aliphatic heterocycles. The molecule has 0 spiro atoms. The smallest absolute Gasteiger partial charge is 0.322 e. The number of aromatic nitrogens is 2. The quantitative estimate of drug-likeness (QED) is 0.111. The van der Waals surface area contributed by atoms with Crippen molar-refractivity contribution in [3.63, 3.8) is 0 Å². The molecule has 0 aliphatic rings. The molecule has 0 radical (unpaired) electrons. The molecule has 1 heterocycles. The zero-order valence-electron chi connectivity index (χ0n) is 28.3. The van der Waals surface area contributed by atoms with Crippen molar-refractivity contribution in [3.05, 3.63) is 102 Å². The van der Waals surface area contributed by atoms with E-state index in [1.165, 1.54) is 25.7 Å². The molecule has 9 heteroatoms. The van der Waals surface area contributed by atoms with Gasteiger partial charge in [-0.2, -0.15) is 0 Å². The van der Waals surface area contributed by atoms with Crippen molar-refractivity contribution in [3.8, 4) is 28.3 Å². The Kier molecular flexibility index (Phi) is 12.8. The topological polar surface area (TPSA) is 131 Å². The molecule has 4 aromatic rings. The molecule has 0 saturated carbocycles. The van der Waals surface area contributed by atoms with Crippen LogP contribution in [-0.4, -0.2) is 52.1 Å². The summed E-state index contributed by atoms with van der Waals surface area (Å²) in [5.74, 6) is -0.770. The van der Waals surface area contributed by atoms with Gasteiger partial charge in [0.1, 0.15) is 18.3 Å². The maximum Gasteiger partial charge on any atom is 0.322 e. The minimum absolute atomic E-state index is 0.0672. The third-order valence-electron chi connectivity index (χ3n) is 8.06. The highest BCUT2D eigenvalue weighted by atomic mass is 16.5. The van der Waals surface area contributed by atoms with Crippen LogP contribution in [0.25, 0.3) is 22.5 Å². The highest BCUT2D eigenvalue weighted by Crippen LogP contribution is 2.24. The Bertz CT molecular complexity index is 1630. The molecule has 9 nitrogen and oxygen atoms in total. The van der Waals surface area contributed by atoms with E-state index in [9.17, 15) is 14.4 Å². The van der Waals surface area contributed by atoms with E-state index < -0.39 is 30.4 Å². The third-order valence-corrected chi connectivity index (χ3v) is 8.06. The van der Waals surface area contributed by atoms with E-state index in [0.717, 1.165) is 46.6 Å². The summed E-state index contributed by atoms with van der Waals surface area (Å²) in [5, 5.41) is 14.2. The first kappa shape index (κ1) is 35.8. The fraction of sp³-hybridized carbons (Fsp3) is 0.359. The Balaban J connectivity index is 1.38. The molecule has 0 fully saturated rings. The van der Waals surface area contributed by atoms with Gasteiger partial charge in [0.2, 0.25) is 5.91 Å². The van der Waals surface area contributed by atoms with Crippen LogP contribution in [0.1, 0.15) is 81.3 Å². The van der Waals surface area contributed by atoms with E-state index in [1.807, 2.05) is 60.7 Å². The molecule has 3 N–H and O–H groups in total. The number of carboxylic acid groups (broad SMARTS) is 1. The molecule has 2 amide bonds. The molecule has 252 valence electrons. The number of rotatable bonds is 16. The molecule has 0 bridgehead atoms. The van der Waals surface area contributed by atoms with Crippen molar-refractivity contribution >= 4 is 17.8 Å². The predicted molar refractivity (Wildman–Crippen MR) is 188 cm³/mol. The van der Waals surface area contributed by atoms with Gasteiger partial charge in [0.25, 0.3) is 5.91 Å². The summed E-state index contributed by atoms with van der Waals surface area (Å²) in [6.07, 6.45) is 9.74. The largest absolute Gasteiger partial charge is 0.494 e. The maximum atomic E-state index is 13.1. The lowest BCUT2D eigenvalue weighted by Crippen LogP contribution is -2.49. The number of hydrogen-bond donors (Lipinski definition) is 3. The summed E-state index contributed by atoms with van der Waals surface area (Å²) >= 11 is 0. The molecular weight excluding hydrogens is 604 g/mol. The number of carbonyl (C=O) groups excluding carboxylic acids is 2. The van der Waals surface area contributed by atoms with Crippen molar-refractivity contribution < 1.29 is 24.2 Å². The van der Waals surface area contributed by atoms with Gasteiger partial charge in [-0.15, -0.1) is 0 Å². The predicted octanol–water partition coefficient (Wildman–Crippen LogP) is 7.00. The van der Waals surface area contributed by atoms with E-state index in [-0.39, 0.29) is 11.8 Å². The van der Waals surface area contributed by atoms with Crippen molar-refractivity contribution in [2.45, 2.75) is 77.7 Å². The number of ether oxygens (including phenoxy) is 1. The van der Waals surface area contributed by atoms with Crippen LogP contribution >= 0.6 is 0 Å². The van der Waals surface area contributed by atoms with Crippen LogP contribution in [-0.2, 0) is 21.4 Å². The number of benzene rings is 3. The van der Waals surface area contributed by atoms with E-state index in [0.29, 0.717) is 11.4 Å². The number of hydrogen-bond acceptors (Lipinski definition) is 6. The van der Waals surface area contributed by atoms with E-state index in [1.54, 1.807) is 24.5 Å². The molecule has 1 aromatic heterocycles. The molecule has 3 aromatic carbocycles. The molecule has 0 aliphatic carbocycles. The van der Waals surface area contributed by atoms with E-state index >= 15 is 0 Å². The summed E-state index contributed by atoms with van der Waals surface area (Å²) in [4.78, 5) is 46.2. The number of unbranched alkanes of at least 4 members (excludes halogenated alkanes) is 4. The number of nitrogens with zero attached hydrogens (tertiary/aromatic N) is 2. The first-order valence-corrected chi connectivity index (χ1v) is 16.6. The SMILES string of the molecule is CCCCCCCOc1ccc(-c2cnc(-c3ccc(C[C@@H](NC(=O)c4ccc(C(C)(C)C)cc4)C(=O)NCC(=O)O)cc3)nc2)cc1. The van der Waals surface area contributed by atoms with Gasteiger partial charge in [0.15, 0.2) is 5.82 Å². The van der Waals surface area contributed by atoms with Gasteiger partial charge in [-0.1, -0.05) is 102 Å². The Morgan fingerprint density at radius 2 is 1.42 bits per heavy atom. The van der Waals surface area contributed by atoms with E-state index in [4.69, 9.17) is 9.84 Å². The van der Waals surface area contributed by atoms with Crippen molar-refractivity contribution in [2.75, 3.05) is 13.2 Å². The standard InChI is InChI=1S/C39H46N4O5/c1-5-6-7-8-9-22-48-33-20-16-28(17-21-33)31-24-40-36(41-25-31)29-12-10-27(11-13-29)23-34(38(47)42-26-35(44)45)43-37(46)30-14-18-32(19-15-30)39(2,3)4/h10-21,24-25,34H,5-9,22-23,26H2,1-4H3,(H,42,47)(H,43,46)(H,44,45)/t34-/m1/s1. The van der Waals surface area contributed by atoms with Gasteiger partial charge in [-0.3, -0.25) is 14.4 Å². The molecule has 0 unspecified atom stereocenters. The first-order chi connectivity index (χ1) is 23.0. The number of carbonyl (C=O) groups is 3. The van der Waals surface area contributed by atoms with Crippen molar-refractivity contribution in [1.82, 2.24) is 20.6 Å². The average Bonchev–Trinajstić information content (AvgIpc) is 3.08. The molecule has 4 rings (SSSR count). The second kappa shape index (κ2) is 17.2. The zero-order chi connectivity index (χ0) is 34.5. The summed E-state index contributed by atoms with van der Waals surface area (Å²) in [6, 6.07) is 21.6. The van der Waals surface area contributed by atoms with Crippen LogP contribution in [0.15, 0.2) is 85.2 Å². The van der Waals surface area contributed by atoms with Crippen LogP contribution < -0.4 is 15.4 Å². The number of carboxylic acids is 1. The van der Waals surface area contributed by atoms with Crippen molar-refractivity contribution in [2.24, 2.45) is 0 Å². The average molecular weight is 651 g/mol. The fourth-order valence-electron chi connectivity index (χ4n) is 5.15. The number of aliphatic carboxylic acids is 1. The van der Waals surface area contributed by atoms with Crippen molar-refractivity contribution in [1.29, 1.82) is 0 Å². The van der Waals surface area contributed by atoms with Gasteiger partial charge in [-0.25, -0.2) is 9.97 Å². The number of amides is 2. The summed E-state index contributed by atoms with van der Waals surface area (Å²) in [5.41, 5.74) is 4.87. The highest BCUT2D eigenvalue weighted by molar-refractivity contribution is 5.98. The van der Waals surface area contributed by atoms with Crippen LogP contribution in [0.5, 0.6) is 5.75 Å². The molecule has 48 heavy (non-hydrogen) atoms. The number of nitrogens with one attached hydrogen (secondary N) is 2. The fourth-order valence-corrected chi connectivity index (χ4v) is 5.15. The lowest BCUT2D eigenvalue weighted by molar-refractivity contribution is -0.138. The second-order valence-corrected chi connectivity index (χ2v) is 12.9. The highest BCUT2D eigenvalue weighted by Gasteiger charge is 2.23. The van der Waals surface area contributed by atoms with Crippen LogP contribution in [0.4, 0.5) is 0 Å². The Morgan fingerprint density at radius 3 is 2.02 bits per heavy atom. The molecule has 0 saturated heterocycles. The Labute approximate surface area is 283 Å². The summed E-state index contributed by atoms with van der Waals surface area (Å²) in [6.45, 7) is 8.65. The monoisotopic (exact) mass is 650 g/mol. The Morgan fingerprint density at radius 1 is 0.792 bits per heavy atom. The van der Waals surface area contributed by atoms with Crippen LogP contribution in [0.3, 0.4) is 0 Å². The van der Waals surface area contributed by atoms with Gasteiger partial charge >= 0.3 is 5.97 Å². The van der Waals surface area contributed by atoms with Crippen LogP contribution in [0, 0.1) is 0 Å². The first-order valence-electron chi connectivity index (χ1n) is 16.6. The lowest BCUT2D eigenvalue weighted by atomic mass is 9.86. The van der Waals surface area contributed by atoms with E-state index in [2.05, 4.69) is 48.3 Å². The normalized spacial score (nSPS) is 11.8. The van der Waals surface area contributed by atoms with Gasteiger partial charge < -0.3 is 20.5 Å². The van der Waals surface area contributed by atoms with Gasteiger partial charge in [0, 0.05) is 35.5 Å². The lowest BCUT2D eigenvalue weighted by Gasteiger charge is -2.20. The minimum atomic E-state index is -1.17. The van der Waals surface area contributed by atoms with Gasteiger partial charge in [-0.05, 0) is 52.8 Å². The zero-order valence-corrected chi connectivity index (χ0v) is 28.3. The van der Waals surface area contributed by atoms with Crippen LogP contribution in [0.2, 0.25) is 0 Å². The summed E-state index contributed by atoms with van der Waals surface area (Å²) in [7, 11) is 0. The molecular formula is C39H46N4O5.